The number of carbonyl (C=O) groups excluding carboxylic acids is 2. The number of H-pyrrole nitrogens is 1. The fourth-order valence-corrected chi connectivity index (χ4v) is 5.57. The van der Waals surface area contributed by atoms with Crippen LogP contribution in [-0.2, 0) is 33.2 Å². The first kappa shape index (κ1) is 30.2. The molecule has 1 saturated heterocycles. The van der Waals surface area contributed by atoms with Crippen LogP contribution in [-0.4, -0.2) is 48.7 Å². The van der Waals surface area contributed by atoms with Gasteiger partial charge in [0.25, 0.3) is 5.91 Å². The number of hydrogen-bond acceptors (Lipinski definition) is 8. The third-order valence-corrected chi connectivity index (χ3v) is 7.42. The number of carboxylic acids is 1. The molecule has 18 heteroatoms. The van der Waals surface area contributed by atoms with Crippen molar-refractivity contribution in [3.05, 3.63) is 62.4 Å². The van der Waals surface area contributed by atoms with Crippen molar-refractivity contribution >= 4 is 69.4 Å². The van der Waals surface area contributed by atoms with Crippen LogP contribution in [0.3, 0.4) is 0 Å². The van der Waals surface area contributed by atoms with Gasteiger partial charge >= 0.3 is 18.3 Å². The van der Waals surface area contributed by atoms with E-state index in [9.17, 15) is 40.7 Å². The van der Waals surface area contributed by atoms with E-state index in [1.165, 1.54) is 23.7 Å². The van der Waals surface area contributed by atoms with Gasteiger partial charge in [-0.15, -0.1) is 11.3 Å². The average molecular weight is 636 g/mol. The number of benzene rings is 1. The molecule has 1 aliphatic rings. The van der Waals surface area contributed by atoms with E-state index in [0.717, 1.165) is 28.1 Å². The zero-order valence-electron chi connectivity index (χ0n) is 20.0. The van der Waals surface area contributed by atoms with Gasteiger partial charge in [-0.2, -0.15) is 26.3 Å². The second kappa shape index (κ2) is 11.6. The number of hydrogen-bond donors (Lipinski definition) is 4. The Labute approximate surface area is 239 Å². The van der Waals surface area contributed by atoms with Crippen molar-refractivity contribution in [3.63, 3.8) is 0 Å². The number of halogens is 6. The first-order valence-electron chi connectivity index (χ1n) is 11.1. The number of carboxylic acid groups (broad SMARTS) is 1. The van der Waals surface area contributed by atoms with E-state index in [1.54, 1.807) is 0 Å². The summed E-state index contributed by atoms with van der Waals surface area (Å²) < 4.78 is 79.4. The molecule has 0 unspecified atom stereocenters. The van der Waals surface area contributed by atoms with Crippen LogP contribution in [0.15, 0.2) is 40.7 Å². The number of aliphatic carboxylic acids is 1. The largest absolute Gasteiger partial charge is 0.481 e. The maximum Gasteiger partial charge on any atom is 0.416 e. The number of thiocarbonyl (C=S) groups is 1. The second-order valence-corrected chi connectivity index (χ2v) is 10.9. The molecule has 2 amide bonds. The number of nitrogens with one attached hydrogen (secondary N) is 3. The number of aromatic amines is 1. The Bertz CT molecular complexity index is 1530. The Morgan fingerprint density at radius 2 is 1.73 bits per heavy atom. The van der Waals surface area contributed by atoms with Gasteiger partial charge in [0.1, 0.15) is 0 Å². The van der Waals surface area contributed by atoms with E-state index in [0.29, 0.717) is 17.0 Å². The van der Waals surface area contributed by atoms with Crippen molar-refractivity contribution < 1.29 is 45.8 Å². The predicted octanol–water partition coefficient (Wildman–Crippen LogP) is 5.15. The van der Waals surface area contributed by atoms with Crippen LogP contribution in [0.1, 0.15) is 21.7 Å². The highest BCUT2D eigenvalue weighted by Crippen LogP contribution is 2.40. The van der Waals surface area contributed by atoms with Crippen molar-refractivity contribution in [3.8, 4) is 11.1 Å². The van der Waals surface area contributed by atoms with Gasteiger partial charge < -0.3 is 10.1 Å². The maximum atomic E-state index is 13.2. The molecule has 3 aromatic rings. The Balaban J connectivity index is 1.44. The molecular weight excluding hydrogens is 620 g/mol. The summed E-state index contributed by atoms with van der Waals surface area (Å²) in [7, 11) is 0. The monoisotopic (exact) mass is 635 g/mol. The van der Waals surface area contributed by atoms with Gasteiger partial charge in [-0.25, -0.2) is 15.4 Å². The minimum Gasteiger partial charge on any atom is -0.481 e. The zero-order chi connectivity index (χ0) is 30.1. The molecule has 4 N–H and O–H groups in total. The second-order valence-electron chi connectivity index (χ2n) is 8.26. The number of thiophene rings is 1. The van der Waals surface area contributed by atoms with Crippen LogP contribution in [0.4, 0.5) is 32.3 Å². The number of rotatable bonds is 8. The van der Waals surface area contributed by atoms with Gasteiger partial charge in [0.15, 0.2) is 4.32 Å². The first-order chi connectivity index (χ1) is 19.1. The molecular formula is C23H15F6N5O4S3. The number of anilines is 1. The lowest BCUT2D eigenvalue weighted by atomic mass is 10.0. The van der Waals surface area contributed by atoms with Gasteiger partial charge in [0.2, 0.25) is 11.9 Å². The minimum absolute atomic E-state index is 0.00467. The van der Waals surface area contributed by atoms with Crippen LogP contribution in [0.2, 0.25) is 0 Å². The van der Waals surface area contributed by atoms with Gasteiger partial charge in [-0.1, -0.05) is 24.0 Å². The number of amides is 2. The highest BCUT2D eigenvalue weighted by molar-refractivity contribution is 8.26. The smallest absolute Gasteiger partial charge is 0.416 e. The summed E-state index contributed by atoms with van der Waals surface area (Å²) in [6.07, 6.45) is -7.70. The van der Waals surface area contributed by atoms with Gasteiger partial charge in [-0.3, -0.25) is 19.7 Å². The van der Waals surface area contributed by atoms with Gasteiger partial charge in [-0.05, 0) is 46.8 Å². The number of hydrazine groups is 1. The SMILES string of the molecule is O=C(O)Cc1cnc(NC(=O)CNN2C(=O)C(=Cc3cc(-c4cc(C(F)(F)F)cc(C(F)(F)F)c4)cs3)SC2=S)[nH]1. The zero-order valence-corrected chi connectivity index (χ0v) is 22.5. The van der Waals surface area contributed by atoms with Crippen LogP contribution in [0.25, 0.3) is 17.2 Å². The molecule has 0 bridgehead atoms. The molecule has 0 atom stereocenters. The number of alkyl halides is 6. The fraction of sp³-hybridized carbons (Fsp3) is 0.174. The molecule has 41 heavy (non-hydrogen) atoms. The molecule has 4 rings (SSSR count). The molecule has 9 nitrogen and oxygen atoms in total. The molecule has 0 radical (unpaired) electrons. The third kappa shape index (κ3) is 7.51. The maximum absolute atomic E-state index is 13.2. The number of thioether (sulfide) groups is 1. The summed E-state index contributed by atoms with van der Waals surface area (Å²) >= 11 is 7.02. The van der Waals surface area contributed by atoms with Crippen LogP contribution in [0.5, 0.6) is 0 Å². The third-order valence-electron chi connectivity index (χ3n) is 5.23. The number of carbonyl (C=O) groups is 3. The lowest BCUT2D eigenvalue weighted by Crippen LogP contribution is -2.45. The van der Waals surface area contributed by atoms with Gasteiger partial charge in [0.05, 0.1) is 35.2 Å². The number of aromatic nitrogens is 2. The molecule has 1 fully saturated rings. The molecule has 1 aromatic carbocycles. The van der Waals surface area contributed by atoms with Crippen molar-refractivity contribution in [2.24, 2.45) is 0 Å². The van der Waals surface area contributed by atoms with E-state index >= 15 is 0 Å². The topological polar surface area (TPSA) is 127 Å². The molecule has 216 valence electrons. The van der Waals surface area contributed by atoms with Crippen molar-refractivity contribution in [1.82, 2.24) is 20.4 Å². The van der Waals surface area contributed by atoms with Crippen molar-refractivity contribution in [2.45, 2.75) is 18.8 Å². The normalized spacial score (nSPS) is 15.2. The standard InChI is InChI=1S/C23H15F6N5O4S3/c24-22(25,26)12-1-10(2-13(4-12)23(27,28)29)11-3-15(40-9-11)6-16-19(38)34(21(39)41-16)31-8-17(35)33-20-30-7-14(32-20)5-18(36)37/h1-4,6-7,9,31H,5,8H2,(H,36,37)(H2,30,32,33,35). The Morgan fingerprint density at radius 3 is 2.34 bits per heavy atom. The predicted molar refractivity (Wildman–Crippen MR) is 141 cm³/mol. The van der Waals surface area contributed by atoms with Crippen LogP contribution in [0, 0.1) is 0 Å². The van der Waals surface area contributed by atoms with Crippen molar-refractivity contribution in [1.29, 1.82) is 0 Å². The number of nitrogens with zero attached hydrogens (tertiary/aromatic N) is 2. The van der Waals surface area contributed by atoms with Crippen LogP contribution >= 0.6 is 35.3 Å². The summed E-state index contributed by atoms with van der Waals surface area (Å²) in [6.45, 7) is -0.422. The molecule has 2 aromatic heterocycles. The summed E-state index contributed by atoms with van der Waals surface area (Å²) in [5.74, 6) is -2.38. The Morgan fingerprint density at radius 1 is 1.07 bits per heavy atom. The molecule has 1 aliphatic heterocycles. The van der Waals surface area contributed by atoms with E-state index in [4.69, 9.17) is 17.3 Å². The first-order valence-corrected chi connectivity index (χ1v) is 13.2. The van der Waals surface area contributed by atoms with E-state index in [1.807, 2.05) is 0 Å². The summed E-state index contributed by atoms with van der Waals surface area (Å²) in [5.41, 5.74) is -0.288. The summed E-state index contributed by atoms with van der Waals surface area (Å²) in [4.78, 5) is 42.7. The van der Waals surface area contributed by atoms with Gasteiger partial charge in [0, 0.05) is 10.6 Å². The lowest BCUT2D eigenvalue weighted by Gasteiger charge is -2.15. The highest BCUT2D eigenvalue weighted by Gasteiger charge is 2.37. The number of imidazole rings is 1. The Hall–Kier alpha value is -3.74. The van der Waals surface area contributed by atoms with E-state index in [-0.39, 0.29) is 44.5 Å². The molecule has 0 aliphatic carbocycles. The summed E-state index contributed by atoms with van der Waals surface area (Å²) in [5, 5.41) is 13.5. The molecule has 0 saturated carbocycles. The Kier molecular flexibility index (Phi) is 8.57. The van der Waals surface area contributed by atoms with E-state index in [2.05, 4.69) is 20.7 Å². The fourth-order valence-electron chi connectivity index (χ4n) is 3.44. The minimum atomic E-state index is -4.99. The van der Waals surface area contributed by atoms with Crippen LogP contribution < -0.4 is 10.7 Å². The quantitative estimate of drug-likeness (QED) is 0.152. The average Bonchev–Trinajstić information content (AvgIpc) is 3.57. The van der Waals surface area contributed by atoms with Crippen molar-refractivity contribution in [2.75, 3.05) is 11.9 Å². The molecule has 0 spiro atoms. The highest BCUT2D eigenvalue weighted by atomic mass is 32.2. The summed E-state index contributed by atoms with van der Waals surface area (Å²) in [6, 6.07) is 2.62. The molecule has 3 heterocycles. The van der Waals surface area contributed by atoms with E-state index < -0.39 is 47.8 Å². The lowest BCUT2D eigenvalue weighted by molar-refractivity contribution is -0.143.